The maximum Gasteiger partial charge on any atom is 0.0899 e. The Labute approximate surface area is 114 Å². The average molecular weight is 255 g/mol. The maximum absolute atomic E-state index is 10.9. The van der Waals surface area contributed by atoms with Crippen LogP contribution in [-0.2, 0) is 5.60 Å². The van der Waals surface area contributed by atoms with Crippen LogP contribution in [0.15, 0.2) is 30.3 Å². The lowest BCUT2D eigenvalue weighted by molar-refractivity contribution is -0.0177. The van der Waals surface area contributed by atoms with Crippen LogP contribution in [0.2, 0.25) is 0 Å². The lowest BCUT2D eigenvalue weighted by Gasteiger charge is -2.36. The van der Waals surface area contributed by atoms with Crippen molar-refractivity contribution in [1.82, 2.24) is 4.98 Å². The zero-order valence-corrected chi connectivity index (χ0v) is 11.7. The molecule has 1 aromatic carbocycles. The highest BCUT2D eigenvalue weighted by Crippen LogP contribution is 2.40. The molecule has 0 bridgehead atoms. The van der Waals surface area contributed by atoms with Crippen molar-refractivity contribution in [3.63, 3.8) is 0 Å². The molecule has 0 saturated heterocycles. The summed E-state index contributed by atoms with van der Waals surface area (Å²) in [6.07, 6.45) is 4.10. The van der Waals surface area contributed by atoms with Crippen molar-refractivity contribution in [2.45, 2.75) is 45.1 Å². The summed E-state index contributed by atoms with van der Waals surface area (Å²) >= 11 is 0. The van der Waals surface area contributed by atoms with E-state index in [0.717, 1.165) is 41.4 Å². The number of pyridine rings is 1. The highest BCUT2D eigenvalue weighted by molar-refractivity contribution is 5.79. The third-order valence-corrected chi connectivity index (χ3v) is 4.34. The Morgan fingerprint density at radius 1 is 1.26 bits per heavy atom. The minimum atomic E-state index is -0.642. The van der Waals surface area contributed by atoms with E-state index >= 15 is 0 Å². The average Bonchev–Trinajstić information content (AvgIpc) is 2.37. The molecular formula is C17H21NO. The fraction of sp³-hybridized carbons (Fsp3) is 0.471. The van der Waals surface area contributed by atoms with E-state index in [2.05, 4.69) is 24.0 Å². The molecule has 2 atom stereocenters. The number of rotatable bonds is 1. The third-order valence-electron chi connectivity index (χ3n) is 4.34. The second-order valence-corrected chi connectivity index (χ2v) is 6.09. The van der Waals surface area contributed by atoms with Gasteiger partial charge in [-0.3, -0.25) is 4.98 Å². The fourth-order valence-corrected chi connectivity index (χ4v) is 3.30. The van der Waals surface area contributed by atoms with E-state index in [1.165, 1.54) is 6.42 Å². The summed E-state index contributed by atoms with van der Waals surface area (Å²) in [5.41, 5.74) is 2.45. The Bertz CT molecular complexity index is 607. The summed E-state index contributed by atoms with van der Waals surface area (Å²) in [4.78, 5) is 4.52. The van der Waals surface area contributed by atoms with Crippen LogP contribution in [0.5, 0.6) is 0 Å². The number of aliphatic hydroxyl groups is 1. The molecule has 1 heterocycles. The van der Waals surface area contributed by atoms with Crippen LogP contribution in [0.1, 0.15) is 43.9 Å². The minimum Gasteiger partial charge on any atom is -0.385 e. The highest BCUT2D eigenvalue weighted by Gasteiger charge is 2.34. The van der Waals surface area contributed by atoms with Crippen LogP contribution in [0.25, 0.3) is 10.9 Å². The predicted octanol–water partition coefficient (Wildman–Crippen LogP) is 3.94. The first-order valence-electron chi connectivity index (χ1n) is 7.17. The van der Waals surface area contributed by atoms with Gasteiger partial charge in [0.2, 0.25) is 0 Å². The van der Waals surface area contributed by atoms with Crippen molar-refractivity contribution in [3.05, 3.63) is 41.6 Å². The number of nitrogens with zero attached hydrogens (tertiary/aromatic N) is 1. The molecular weight excluding hydrogens is 234 g/mol. The molecule has 3 rings (SSSR count). The lowest BCUT2D eigenvalue weighted by Crippen LogP contribution is -2.31. The first-order chi connectivity index (χ1) is 9.07. The monoisotopic (exact) mass is 255 g/mol. The van der Waals surface area contributed by atoms with Crippen LogP contribution in [0.3, 0.4) is 0 Å². The van der Waals surface area contributed by atoms with Crippen LogP contribution >= 0.6 is 0 Å². The summed E-state index contributed by atoms with van der Waals surface area (Å²) in [5.74, 6) is 0.602. The molecule has 19 heavy (non-hydrogen) atoms. The Morgan fingerprint density at radius 2 is 2.11 bits per heavy atom. The molecule has 1 aliphatic carbocycles. The summed E-state index contributed by atoms with van der Waals surface area (Å²) in [7, 11) is 0. The molecule has 2 aromatic rings. The number of hydrogen-bond donors (Lipinski definition) is 1. The van der Waals surface area contributed by atoms with Crippen LogP contribution in [0.4, 0.5) is 0 Å². The van der Waals surface area contributed by atoms with Gasteiger partial charge in [-0.25, -0.2) is 0 Å². The second kappa shape index (κ2) is 4.61. The number of hydrogen-bond acceptors (Lipinski definition) is 2. The van der Waals surface area contributed by atoms with Gasteiger partial charge in [0, 0.05) is 11.1 Å². The summed E-state index contributed by atoms with van der Waals surface area (Å²) < 4.78 is 0. The van der Waals surface area contributed by atoms with Gasteiger partial charge in [0.1, 0.15) is 0 Å². The van der Waals surface area contributed by atoms with Crippen molar-refractivity contribution in [3.8, 4) is 0 Å². The quantitative estimate of drug-likeness (QED) is 0.837. The minimum absolute atomic E-state index is 0.602. The van der Waals surface area contributed by atoms with Crippen LogP contribution in [0, 0.1) is 12.8 Å². The molecule has 1 N–H and O–H groups in total. The molecule has 0 aliphatic heterocycles. The van der Waals surface area contributed by atoms with E-state index in [9.17, 15) is 5.11 Å². The van der Waals surface area contributed by atoms with Crippen LogP contribution < -0.4 is 0 Å². The van der Waals surface area contributed by atoms with Crippen molar-refractivity contribution < 1.29 is 5.11 Å². The van der Waals surface area contributed by atoms with Gasteiger partial charge in [0.25, 0.3) is 0 Å². The zero-order valence-electron chi connectivity index (χ0n) is 11.7. The van der Waals surface area contributed by atoms with Crippen molar-refractivity contribution >= 4 is 10.9 Å². The van der Waals surface area contributed by atoms with E-state index in [1.54, 1.807) is 0 Å². The first kappa shape index (κ1) is 12.6. The van der Waals surface area contributed by atoms with Gasteiger partial charge in [0.15, 0.2) is 0 Å². The molecule has 1 fully saturated rings. The smallest absolute Gasteiger partial charge is 0.0899 e. The van der Waals surface area contributed by atoms with Crippen LogP contribution in [-0.4, -0.2) is 10.1 Å². The van der Waals surface area contributed by atoms with Gasteiger partial charge >= 0.3 is 0 Å². The summed E-state index contributed by atoms with van der Waals surface area (Å²) in [6, 6.07) is 10.3. The van der Waals surface area contributed by atoms with Gasteiger partial charge in [-0.1, -0.05) is 25.5 Å². The number of benzene rings is 1. The summed E-state index contributed by atoms with van der Waals surface area (Å²) in [5, 5.41) is 12.0. The van der Waals surface area contributed by atoms with Gasteiger partial charge in [0.05, 0.1) is 11.1 Å². The molecule has 1 aliphatic rings. The summed E-state index contributed by atoms with van der Waals surface area (Å²) in [6.45, 7) is 4.24. The Morgan fingerprint density at radius 3 is 2.89 bits per heavy atom. The highest BCUT2D eigenvalue weighted by atomic mass is 16.3. The Kier molecular flexibility index (Phi) is 3.06. The van der Waals surface area contributed by atoms with E-state index in [0.29, 0.717) is 5.92 Å². The maximum atomic E-state index is 10.9. The van der Waals surface area contributed by atoms with Crippen molar-refractivity contribution in [2.75, 3.05) is 0 Å². The SMILES string of the molecule is Cc1ccc2cc(C3(O)CCCC(C)C3)ccc2n1. The van der Waals surface area contributed by atoms with E-state index in [1.807, 2.05) is 25.1 Å². The largest absolute Gasteiger partial charge is 0.385 e. The number of aromatic nitrogens is 1. The molecule has 2 heteroatoms. The van der Waals surface area contributed by atoms with E-state index in [4.69, 9.17) is 0 Å². The van der Waals surface area contributed by atoms with Gasteiger partial charge in [-0.05, 0) is 55.9 Å². The van der Waals surface area contributed by atoms with Gasteiger partial charge < -0.3 is 5.11 Å². The lowest BCUT2D eigenvalue weighted by atomic mass is 9.75. The molecule has 0 spiro atoms. The normalized spacial score (nSPS) is 27.6. The predicted molar refractivity (Wildman–Crippen MR) is 78.0 cm³/mol. The molecule has 1 aromatic heterocycles. The van der Waals surface area contributed by atoms with Crippen molar-refractivity contribution in [1.29, 1.82) is 0 Å². The molecule has 100 valence electrons. The Hall–Kier alpha value is -1.41. The van der Waals surface area contributed by atoms with Gasteiger partial charge in [-0.15, -0.1) is 0 Å². The zero-order chi connectivity index (χ0) is 13.5. The molecule has 0 radical (unpaired) electrons. The molecule has 2 nitrogen and oxygen atoms in total. The standard InChI is InChI=1S/C17H21NO/c1-12-4-3-9-17(19,11-12)15-7-8-16-14(10-15)6-5-13(2)18-16/h5-8,10,12,19H,3-4,9,11H2,1-2H3. The molecule has 1 saturated carbocycles. The molecule has 0 amide bonds. The number of aryl methyl sites for hydroxylation is 1. The van der Waals surface area contributed by atoms with Crippen molar-refractivity contribution in [2.24, 2.45) is 5.92 Å². The van der Waals surface area contributed by atoms with Gasteiger partial charge in [-0.2, -0.15) is 0 Å². The first-order valence-corrected chi connectivity index (χ1v) is 7.17. The second-order valence-electron chi connectivity index (χ2n) is 6.09. The van der Waals surface area contributed by atoms with E-state index < -0.39 is 5.60 Å². The topological polar surface area (TPSA) is 33.1 Å². The fourth-order valence-electron chi connectivity index (χ4n) is 3.30. The number of fused-ring (bicyclic) bond motifs is 1. The Balaban J connectivity index is 2.03. The molecule has 2 unspecified atom stereocenters. The van der Waals surface area contributed by atoms with E-state index in [-0.39, 0.29) is 0 Å². The third kappa shape index (κ3) is 2.37.